The zero-order valence-corrected chi connectivity index (χ0v) is 13.9. The van der Waals surface area contributed by atoms with Gasteiger partial charge in [0.25, 0.3) is 6.01 Å². The number of piperidine rings is 1. The summed E-state index contributed by atoms with van der Waals surface area (Å²) >= 11 is 0. The smallest absolute Gasteiger partial charge is 0.298 e. The number of ether oxygens (including phenoxy) is 1. The van der Waals surface area contributed by atoms with Crippen LogP contribution in [0.5, 0.6) is 0 Å². The fraction of sp³-hybridized carbons (Fsp3) is 0.500. The van der Waals surface area contributed by atoms with Gasteiger partial charge in [-0.15, -0.1) is 0 Å². The molecular weight excluding hydrogens is 320 g/mol. The Morgan fingerprint density at radius 1 is 1.00 bits per heavy atom. The van der Waals surface area contributed by atoms with Crippen LogP contribution < -0.4 is 4.90 Å². The minimum atomic E-state index is 0.289. The van der Waals surface area contributed by atoms with Gasteiger partial charge in [0.2, 0.25) is 5.89 Å². The molecule has 0 spiro atoms. The highest BCUT2D eigenvalue weighted by atomic mass is 16.5. The van der Waals surface area contributed by atoms with Crippen LogP contribution in [0.4, 0.5) is 6.01 Å². The first-order chi connectivity index (χ1) is 12.4. The van der Waals surface area contributed by atoms with Crippen LogP contribution in [0, 0.1) is 0 Å². The van der Waals surface area contributed by atoms with E-state index in [4.69, 9.17) is 13.7 Å². The van der Waals surface area contributed by atoms with E-state index >= 15 is 0 Å². The summed E-state index contributed by atoms with van der Waals surface area (Å²) < 4.78 is 16.8. The molecule has 1 atom stereocenters. The van der Waals surface area contributed by atoms with Crippen molar-refractivity contribution >= 4 is 17.1 Å². The van der Waals surface area contributed by atoms with E-state index in [0.29, 0.717) is 18.5 Å². The van der Waals surface area contributed by atoms with E-state index in [1.54, 1.807) is 0 Å². The summed E-state index contributed by atoms with van der Waals surface area (Å²) in [6.45, 7) is 3.25. The second-order valence-corrected chi connectivity index (χ2v) is 6.78. The van der Waals surface area contributed by atoms with Crippen LogP contribution in [0.1, 0.15) is 42.8 Å². The van der Waals surface area contributed by atoms with Gasteiger partial charge in [0.05, 0.1) is 6.61 Å². The van der Waals surface area contributed by atoms with Crippen LogP contribution in [0.15, 0.2) is 33.2 Å². The van der Waals surface area contributed by atoms with Crippen LogP contribution in [-0.4, -0.2) is 41.4 Å². The average Bonchev–Trinajstić information content (AvgIpc) is 3.40. The predicted octanol–water partition coefficient (Wildman–Crippen LogP) is 3.10. The van der Waals surface area contributed by atoms with Crippen molar-refractivity contribution in [3.8, 4) is 0 Å². The number of oxazole rings is 1. The summed E-state index contributed by atoms with van der Waals surface area (Å²) in [5.41, 5.74) is 1.74. The van der Waals surface area contributed by atoms with Crippen molar-refractivity contribution in [1.82, 2.24) is 15.1 Å². The Bertz CT molecular complexity index is 827. The van der Waals surface area contributed by atoms with E-state index in [0.717, 1.165) is 61.8 Å². The van der Waals surface area contributed by atoms with Crippen molar-refractivity contribution < 1.29 is 13.7 Å². The number of aromatic nitrogens is 3. The topological polar surface area (TPSA) is 77.4 Å². The maximum atomic E-state index is 5.87. The molecule has 5 rings (SSSR count). The van der Waals surface area contributed by atoms with Crippen LogP contribution >= 0.6 is 0 Å². The third-order valence-corrected chi connectivity index (χ3v) is 5.15. The Labute approximate surface area is 145 Å². The Morgan fingerprint density at radius 2 is 1.88 bits per heavy atom. The van der Waals surface area contributed by atoms with Crippen LogP contribution in [-0.2, 0) is 4.74 Å². The number of nitrogens with zero attached hydrogens (tertiary/aromatic N) is 4. The van der Waals surface area contributed by atoms with E-state index in [9.17, 15) is 0 Å². The molecule has 3 aromatic rings. The van der Waals surface area contributed by atoms with Gasteiger partial charge in [0.15, 0.2) is 11.4 Å². The molecule has 2 aromatic heterocycles. The highest BCUT2D eigenvalue weighted by molar-refractivity contribution is 5.74. The second kappa shape index (κ2) is 6.15. The first kappa shape index (κ1) is 14.9. The normalized spacial score (nSPS) is 22.1. The number of rotatable bonds is 3. The monoisotopic (exact) mass is 340 g/mol. The molecule has 0 bridgehead atoms. The highest BCUT2D eigenvalue weighted by Gasteiger charge is 2.29. The van der Waals surface area contributed by atoms with Gasteiger partial charge in [-0.25, -0.2) is 0 Å². The summed E-state index contributed by atoms with van der Waals surface area (Å²) in [6.07, 6.45) is 2.90. The first-order valence-corrected chi connectivity index (χ1v) is 8.88. The number of benzene rings is 1. The molecule has 2 aliphatic rings. The maximum absolute atomic E-state index is 5.87. The van der Waals surface area contributed by atoms with E-state index in [1.807, 2.05) is 24.3 Å². The number of fused-ring (bicyclic) bond motifs is 1. The van der Waals surface area contributed by atoms with Gasteiger partial charge in [0, 0.05) is 31.5 Å². The lowest BCUT2D eigenvalue weighted by Gasteiger charge is -2.28. The molecule has 0 saturated carbocycles. The van der Waals surface area contributed by atoms with Crippen molar-refractivity contribution in [2.45, 2.75) is 31.1 Å². The minimum absolute atomic E-state index is 0.289. The largest absolute Gasteiger partial charge is 0.423 e. The fourth-order valence-electron chi connectivity index (χ4n) is 3.63. The Hall–Kier alpha value is -2.41. The molecule has 0 N–H and O–H groups in total. The molecule has 0 aliphatic carbocycles. The number of hydrogen-bond acceptors (Lipinski definition) is 7. The van der Waals surface area contributed by atoms with Crippen LogP contribution in [0.25, 0.3) is 11.1 Å². The number of para-hydroxylation sites is 2. The summed E-state index contributed by atoms with van der Waals surface area (Å²) in [5.74, 6) is 2.16. The summed E-state index contributed by atoms with van der Waals surface area (Å²) in [6, 6.07) is 8.57. The zero-order chi connectivity index (χ0) is 16.6. The van der Waals surface area contributed by atoms with Crippen molar-refractivity contribution in [1.29, 1.82) is 0 Å². The van der Waals surface area contributed by atoms with E-state index in [2.05, 4.69) is 20.0 Å². The SMILES string of the molecule is c1ccc2oc(N3CCC(c4nc([C@@H]5CCOC5)no4)CC3)nc2c1. The molecule has 2 saturated heterocycles. The fourth-order valence-corrected chi connectivity index (χ4v) is 3.63. The molecule has 0 radical (unpaired) electrons. The molecule has 4 heterocycles. The number of hydrogen-bond donors (Lipinski definition) is 0. The lowest BCUT2D eigenvalue weighted by molar-refractivity contribution is 0.192. The molecule has 7 nitrogen and oxygen atoms in total. The molecule has 25 heavy (non-hydrogen) atoms. The summed E-state index contributed by atoms with van der Waals surface area (Å²) in [4.78, 5) is 11.4. The Morgan fingerprint density at radius 3 is 2.68 bits per heavy atom. The molecule has 1 aromatic carbocycles. The van der Waals surface area contributed by atoms with Crippen LogP contribution in [0.3, 0.4) is 0 Å². The third-order valence-electron chi connectivity index (χ3n) is 5.15. The molecule has 7 heteroatoms. The van der Waals surface area contributed by atoms with Gasteiger partial charge in [0.1, 0.15) is 5.52 Å². The summed E-state index contributed by atoms with van der Waals surface area (Å²) in [7, 11) is 0. The molecule has 0 amide bonds. The van der Waals surface area contributed by atoms with Crippen molar-refractivity contribution in [3.05, 3.63) is 36.0 Å². The van der Waals surface area contributed by atoms with Crippen molar-refractivity contribution in [3.63, 3.8) is 0 Å². The van der Waals surface area contributed by atoms with Crippen molar-refractivity contribution in [2.75, 3.05) is 31.2 Å². The van der Waals surface area contributed by atoms with Gasteiger partial charge in [-0.3, -0.25) is 0 Å². The van der Waals surface area contributed by atoms with Gasteiger partial charge in [-0.1, -0.05) is 17.3 Å². The van der Waals surface area contributed by atoms with Crippen molar-refractivity contribution in [2.24, 2.45) is 0 Å². The van der Waals surface area contributed by atoms with Crippen LogP contribution in [0.2, 0.25) is 0 Å². The number of anilines is 1. The van der Waals surface area contributed by atoms with E-state index in [-0.39, 0.29) is 5.92 Å². The average molecular weight is 340 g/mol. The van der Waals surface area contributed by atoms with E-state index < -0.39 is 0 Å². The molecule has 2 aliphatic heterocycles. The first-order valence-electron chi connectivity index (χ1n) is 8.88. The van der Waals surface area contributed by atoms with Gasteiger partial charge in [-0.05, 0) is 31.4 Å². The summed E-state index contributed by atoms with van der Waals surface area (Å²) in [5, 5.41) is 4.17. The minimum Gasteiger partial charge on any atom is -0.423 e. The predicted molar refractivity (Wildman–Crippen MR) is 90.7 cm³/mol. The second-order valence-electron chi connectivity index (χ2n) is 6.78. The standard InChI is InChI=1S/C18H20N4O3/c1-2-4-15-14(3-1)19-18(24-15)22-8-5-12(6-9-22)17-20-16(21-25-17)13-7-10-23-11-13/h1-4,12-13H,5-11H2/t13-/m1/s1. The van der Waals surface area contributed by atoms with Gasteiger partial charge < -0.3 is 18.6 Å². The molecule has 0 unspecified atom stereocenters. The van der Waals surface area contributed by atoms with Gasteiger partial charge >= 0.3 is 0 Å². The lowest BCUT2D eigenvalue weighted by Crippen LogP contribution is -2.33. The maximum Gasteiger partial charge on any atom is 0.298 e. The quantitative estimate of drug-likeness (QED) is 0.725. The lowest BCUT2D eigenvalue weighted by atomic mass is 9.97. The highest BCUT2D eigenvalue weighted by Crippen LogP contribution is 2.32. The molecular formula is C18H20N4O3. The molecule has 130 valence electrons. The molecule has 2 fully saturated rings. The zero-order valence-electron chi connectivity index (χ0n) is 13.9. The van der Waals surface area contributed by atoms with E-state index in [1.165, 1.54) is 0 Å². The third kappa shape index (κ3) is 2.78. The Kier molecular flexibility index (Phi) is 3.66. The van der Waals surface area contributed by atoms with Gasteiger partial charge in [-0.2, -0.15) is 9.97 Å². The Balaban J connectivity index is 1.26.